The lowest BCUT2D eigenvalue weighted by Crippen LogP contribution is -2.48. The molecule has 3 aliphatic rings. The number of nitrogens with zero attached hydrogens (tertiary/aromatic N) is 2. The van der Waals surface area contributed by atoms with Gasteiger partial charge in [0.2, 0.25) is 6.10 Å². The van der Waals surface area contributed by atoms with E-state index in [9.17, 15) is 4.79 Å². The topological polar surface area (TPSA) is 51.7 Å². The Balaban J connectivity index is 1.12. The van der Waals surface area contributed by atoms with Gasteiger partial charge in [0, 0.05) is 30.0 Å². The lowest BCUT2D eigenvalue weighted by molar-refractivity contribution is -0.142. The molecule has 1 amide bonds. The number of ether oxygens (including phenoxy) is 2. The van der Waals surface area contributed by atoms with Gasteiger partial charge in [-0.15, -0.1) is 11.3 Å². The molecule has 1 aliphatic carbocycles. The largest absolute Gasteiger partial charge is 0.485 e. The normalized spacial score (nSPS) is 22.4. The molecular weight excluding hydrogens is 480 g/mol. The number of thiazole rings is 1. The van der Waals surface area contributed by atoms with Crippen molar-refractivity contribution in [2.24, 2.45) is 0 Å². The minimum atomic E-state index is -0.573. The molecule has 1 saturated heterocycles. The van der Waals surface area contributed by atoms with Gasteiger partial charge < -0.3 is 14.4 Å². The second-order valence-electron chi connectivity index (χ2n) is 12.1. The number of likely N-dealkylation sites (tertiary alicyclic amines) is 1. The molecule has 1 atom stereocenters. The highest BCUT2D eigenvalue weighted by Gasteiger charge is 2.37. The van der Waals surface area contributed by atoms with E-state index in [4.69, 9.17) is 14.5 Å². The Kier molecular flexibility index (Phi) is 6.06. The van der Waals surface area contributed by atoms with Gasteiger partial charge in [0.15, 0.2) is 11.5 Å². The van der Waals surface area contributed by atoms with E-state index in [0.717, 1.165) is 31.6 Å². The second kappa shape index (κ2) is 9.16. The summed E-state index contributed by atoms with van der Waals surface area (Å²) in [6.45, 7) is 11.2. The first-order valence-corrected chi connectivity index (χ1v) is 14.4. The summed E-state index contributed by atoms with van der Waals surface area (Å²) in [4.78, 5) is 20.1. The molecule has 0 N–H and O–H groups in total. The zero-order chi connectivity index (χ0) is 25.8. The third kappa shape index (κ3) is 4.54. The summed E-state index contributed by atoms with van der Waals surface area (Å²) >= 11 is 1.76. The Morgan fingerprint density at radius 3 is 2.43 bits per heavy atom. The minimum absolute atomic E-state index is 0.0207. The van der Waals surface area contributed by atoms with Crippen molar-refractivity contribution in [1.29, 1.82) is 0 Å². The van der Waals surface area contributed by atoms with Crippen LogP contribution in [0, 0.1) is 0 Å². The molecule has 2 aliphatic heterocycles. The fourth-order valence-electron chi connectivity index (χ4n) is 6.05. The summed E-state index contributed by atoms with van der Waals surface area (Å²) in [5.74, 6) is 1.76. The number of para-hydroxylation sites is 2. The Bertz CT molecular complexity index is 1320. The molecule has 6 heteroatoms. The second-order valence-corrected chi connectivity index (χ2v) is 13.0. The molecule has 194 valence electrons. The molecule has 6 rings (SSSR count). The molecule has 1 unspecified atom stereocenters. The Labute approximate surface area is 223 Å². The van der Waals surface area contributed by atoms with Crippen LogP contribution in [0.1, 0.15) is 75.4 Å². The van der Waals surface area contributed by atoms with E-state index in [0.29, 0.717) is 17.4 Å². The number of hydrogen-bond donors (Lipinski definition) is 0. The van der Waals surface area contributed by atoms with Crippen molar-refractivity contribution in [3.05, 3.63) is 64.0 Å². The number of amides is 1. The highest BCUT2D eigenvalue weighted by molar-refractivity contribution is 7.10. The molecule has 0 radical (unpaired) electrons. The van der Waals surface area contributed by atoms with Crippen LogP contribution in [-0.2, 0) is 15.6 Å². The van der Waals surface area contributed by atoms with Crippen LogP contribution in [0.25, 0.3) is 11.3 Å². The number of rotatable bonds is 3. The molecular formula is C31H36N2O3S. The molecule has 1 aromatic heterocycles. The zero-order valence-electron chi connectivity index (χ0n) is 22.3. The van der Waals surface area contributed by atoms with Crippen molar-refractivity contribution in [2.75, 3.05) is 19.7 Å². The maximum atomic E-state index is 13.1. The predicted octanol–water partition coefficient (Wildman–Crippen LogP) is 6.71. The van der Waals surface area contributed by atoms with Gasteiger partial charge in [-0.1, -0.05) is 52.0 Å². The van der Waals surface area contributed by atoms with Crippen molar-refractivity contribution in [3.63, 3.8) is 0 Å². The number of carbonyl (C=O) groups excluding carboxylic acids is 1. The maximum absolute atomic E-state index is 13.1. The predicted molar refractivity (Wildman–Crippen MR) is 148 cm³/mol. The molecule has 1 fully saturated rings. The average Bonchev–Trinajstić information content (AvgIpc) is 3.41. The molecule has 3 aromatic rings. The number of piperidine rings is 1. The molecule has 0 bridgehead atoms. The van der Waals surface area contributed by atoms with E-state index in [1.165, 1.54) is 34.5 Å². The van der Waals surface area contributed by atoms with E-state index in [2.05, 4.69) is 51.3 Å². The molecule has 37 heavy (non-hydrogen) atoms. The fraction of sp³-hybridized carbons (Fsp3) is 0.484. The van der Waals surface area contributed by atoms with Gasteiger partial charge in [0.25, 0.3) is 5.91 Å². The summed E-state index contributed by atoms with van der Waals surface area (Å²) in [5.41, 5.74) is 5.66. The van der Waals surface area contributed by atoms with Gasteiger partial charge in [-0.25, -0.2) is 4.98 Å². The SMILES string of the molecule is CC1(C)CCC(C)(C)c2cc(-c3csc(C4CCN(C(=O)C5COc6ccccc6O5)CC4)n3)ccc21. The number of hydrogen-bond acceptors (Lipinski definition) is 5. The van der Waals surface area contributed by atoms with Crippen molar-refractivity contribution in [3.8, 4) is 22.8 Å². The van der Waals surface area contributed by atoms with E-state index in [1.54, 1.807) is 11.3 Å². The van der Waals surface area contributed by atoms with Crippen LogP contribution in [0.3, 0.4) is 0 Å². The van der Waals surface area contributed by atoms with Crippen molar-refractivity contribution < 1.29 is 14.3 Å². The Morgan fingerprint density at radius 2 is 1.68 bits per heavy atom. The maximum Gasteiger partial charge on any atom is 0.267 e. The van der Waals surface area contributed by atoms with Gasteiger partial charge in [0.05, 0.1) is 10.7 Å². The first-order valence-electron chi connectivity index (χ1n) is 13.5. The van der Waals surface area contributed by atoms with Crippen molar-refractivity contribution in [1.82, 2.24) is 9.88 Å². The summed E-state index contributed by atoms with van der Waals surface area (Å²) in [6.07, 6.45) is 3.71. The summed E-state index contributed by atoms with van der Waals surface area (Å²) in [6, 6.07) is 14.5. The molecule has 0 saturated carbocycles. The number of benzene rings is 2. The van der Waals surface area contributed by atoms with E-state index >= 15 is 0 Å². The molecule has 5 nitrogen and oxygen atoms in total. The van der Waals surface area contributed by atoms with Crippen LogP contribution in [0.2, 0.25) is 0 Å². The van der Waals surface area contributed by atoms with Gasteiger partial charge in [-0.3, -0.25) is 4.79 Å². The standard InChI is InChI=1S/C31H36N2O3S/c1-30(2)13-14-31(3,4)23-17-21(9-10-22(23)30)24-19-37-28(32-24)20-11-15-33(16-12-20)29(34)27-18-35-25-7-5-6-8-26(25)36-27/h5-10,17,19-20,27H,11-16,18H2,1-4H3. The third-order valence-corrected chi connectivity index (χ3v) is 9.62. The molecule has 2 aromatic carbocycles. The number of aromatic nitrogens is 1. The Morgan fingerprint density at radius 1 is 0.973 bits per heavy atom. The van der Waals surface area contributed by atoms with Crippen LogP contribution >= 0.6 is 11.3 Å². The Hall–Kier alpha value is -2.86. The fourth-order valence-corrected chi connectivity index (χ4v) is 7.05. The summed E-state index contributed by atoms with van der Waals surface area (Å²) < 4.78 is 11.7. The zero-order valence-corrected chi connectivity index (χ0v) is 23.1. The lowest BCUT2D eigenvalue weighted by Gasteiger charge is -2.42. The third-order valence-electron chi connectivity index (χ3n) is 8.61. The number of carbonyl (C=O) groups is 1. The van der Waals surface area contributed by atoms with Crippen LogP contribution in [0.15, 0.2) is 47.8 Å². The first kappa shape index (κ1) is 24.5. The van der Waals surface area contributed by atoms with E-state index in [1.807, 2.05) is 29.2 Å². The minimum Gasteiger partial charge on any atom is -0.485 e. The molecule has 0 spiro atoms. The quantitative estimate of drug-likeness (QED) is 0.388. The number of fused-ring (bicyclic) bond motifs is 2. The van der Waals surface area contributed by atoms with Crippen LogP contribution in [-0.4, -0.2) is 41.6 Å². The van der Waals surface area contributed by atoms with Gasteiger partial charge in [-0.2, -0.15) is 0 Å². The van der Waals surface area contributed by atoms with Gasteiger partial charge in [0.1, 0.15) is 6.61 Å². The summed E-state index contributed by atoms with van der Waals surface area (Å²) in [7, 11) is 0. The highest BCUT2D eigenvalue weighted by Crippen LogP contribution is 2.47. The van der Waals surface area contributed by atoms with Gasteiger partial charge >= 0.3 is 0 Å². The van der Waals surface area contributed by atoms with Crippen LogP contribution < -0.4 is 9.47 Å². The van der Waals surface area contributed by atoms with Crippen LogP contribution in [0.5, 0.6) is 11.5 Å². The van der Waals surface area contributed by atoms with E-state index in [-0.39, 0.29) is 23.3 Å². The monoisotopic (exact) mass is 516 g/mol. The van der Waals surface area contributed by atoms with Crippen molar-refractivity contribution in [2.45, 2.75) is 76.2 Å². The molecule has 3 heterocycles. The van der Waals surface area contributed by atoms with Crippen LogP contribution in [0.4, 0.5) is 0 Å². The smallest absolute Gasteiger partial charge is 0.267 e. The first-order chi connectivity index (χ1) is 17.7. The van der Waals surface area contributed by atoms with Gasteiger partial charge in [-0.05, 0) is 65.8 Å². The van der Waals surface area contributed by atoms with E-state index < -0.39 is 6.10 Å². The van der Waals surface area contributed by atoms with Crippen molar-refractivity contribution >= 4 is 17.2 Å². The average molecular weight is 517 g/mol. The lowest BCUT2D eigenvalue weighted by atomic mass is 9.63. The highest BCUT2D eigenvalue weighted by atomic mass is 32.1. The summed E-state index contributed by atoms with van der Waals surface area (Å²) in [5, 5.41) is 3.39.